The van der Waals surface area contributed by atoms with Crippen LogP contribution in [0.15, 0.2) is 12.1 Å². The van der Waals surface area contributed by atoms with Gasteiger partial charge in [-0.05, 0) is 19.1 Å². The van der Waals surface area contributed by atoms with Crippen molar-refractivity contribution in [2.24, 2.45) is 0 Å². The van der Waals surface area contributed by atoms with Crippen molar-refractivity contribution in [3.05, 3.63) is 22.8 Å². The fourth-order valence-corrected chi connectivity index (χ4v) is 1.14. The molecule has 1 heterocycles. The summed E-state index contributed by atoms with van der Waals surface area (Å²) in [4.78, 5) is 14.7. The second-order valence-electron chi connectivity index (χ2n) is 3.06. The first kappa shape index (κ1) is 11.7. The van der Waals surface area contributed by atoms with Crippen molar-refractivity contribution in [1.82, 2.24) is 4.98 Å². The molecule has 0 radical (unpaired) electrons. The van der Waals surface area contributed by atoms with E-state index in [0.717, 1.165) is 0 Å². The first-order valence-electron chi connectivity index (χ1n) is 4.32. The number of nitrogens with zero attached hydrogens (tertiary/aromatic N) is 1. The predicted molar refractivity (Wildman–Crippen MR) is 56.4 cm³/mol. The van der Waals surface area contributed by atoms with Crippen LogP contribution in [0.25, 0.3) is 0 Å². The van der Waals surface area contributed by atoms with Gasteiger partial charge in [-0.2, -0.15) is 0 Å². The number of hydrogen-bond acceptors (Lipinski definition) is 4. The summed E-state index contributed by atoms with van der Waals surface area (Å²) in [5.74, 6) is -0.927. The number of aliphatic hydroxyl groups is 1. The van der Waals surface area contributed by atoms with Crippen molar-refractivity contribution < 1.29 is 15.0 Å². The molecule has 0 fully saturated rings. The quantitative estimate of drug-likeness (QED) is 0.678. The van der Waals surface area contributed by atoms with E-state index in [1.54, 1.807) is 6.92 Å². The van der Waals surface area contributed by atoms with E-state index in [0.29, 0.717) is 0 Å². The molecule has 0 spiro atoms. The Balaban J connectivity index is 3.02. The number of aromatic carboxylic acids is 1. The third kappa shape index (κ3) is 3.07. The zero-order valence-corrected chi connectivity index (χ0v) is 8.82. The molecular weight excluding hydrogens is 220 g/mol. The molecule has 5 nitrogen and oxygen atoms in total. The Hall–Kier alpha value is -1.33. The highest BCUT2D eigenvalue weighted by atomic mass is 35.5. The van der Waals surface area contributed by atoms with Gasteiger partial charge >= 0.3 is 5.97 Å². The van der Waals surface area contributed by atoms with E-state index >= 15 is 0 Å². The largest absolute Gasteiger partial charge is 0.478 e. The molecule has 0 aliphatic rings. The van der Waals surface area contributed by atoms with Crippen LogP contribution in [0, 0.1) is 0 Å². The van der Waals surface area contributed by atoms with Gasteiger partial charge < -0.3 is 15.5 Å². The molecule has 1 aromatic heterocycles. The number of halogens is 1. The van der Waals surface area contributed by atoms with Crippen LogP contribution in [0.5, 0.6) is 0 Å². The van der Waals surface area contributed by atoms with Crippen molar-refractivity contribution in [3.63, 3.8) is 0 Å². The second-order valence-corrected chi connectivity index (χ2v) is 3.45. The van der Waals surface area contributed by atoms with Crippen molar-refractivity contribution >= 4 is 23.4 Å². The van der Waals surface area contributed by atoms with Gasteiger partial charge in [-0.15, -0.1) is 0 Å². The van der Waals surface area contributed by atoms with E-state index in [9.17, 15) is 4.79 Å². The summed E-state index contributed by atoms with van der Waals surface area (Å²) in [6.45, 7) is 1.58. The molecule has 0 aromatic carbocycles. The fraction of sp³-hybridized carbons (Fsp3) is 0.333. The fourth-order valence-electron chi connectivity index (χ4n) is 0.997. The van der Waals surface area contributed by atoms with Crippen LogP contribution in [0.1, 0.15) is 17.3 Å². The molecule has 82 valence electrons. The molecule has 0 aliphatic carbocycles. The van der Waals surface area contributed by atoms with Gasteiger partial charge in [0.05, 0.1) is 6.61 Å². The first-order valence-corrected chi connectivity index (χ1v) is 4.69. The molecule has 0 bridgehead atoms. The molecule has 0 aliphatic heterocycles. The zero-order valence-electron chi connectivity index (χ0n) is 8.07. The number of aliphatic hydroxyl groups excluding tert-OH is 1. The lowest BCUT2D eigenvalue weighted by Crippen LogP contribution is -2.21. The first-order chi connectivity index (χ1) is 7.04. The summed E-state index contributed by atoms with van der Waals surface area (Å²) in [5, 5.41) is 20.6. The molecule has 1 unspecified atom stereocenters. The Morgan fingerprint density at radius 2 is 2.33 bits per heavy atom. The van der Waals surface area contributed by atoms with Gasteiger partial charge in [-0.3, -0.25) is 0 Å². The molecule has 1 rings (SSSR count). The van der Waals surface area contributed by atoms with E-state index in [-0.39, 0.29) is 29.2 Å². The van der Waals surface area contributed by atoms with Crippen molar-refractivity contribution in [2.75, 3.05) is 11.9 Å². The maximum Gasteiger partial charge on any atom is 0.339 e. The number of anilines is 1. The Kier molecular flexibility index (Phi) is 3.88. The van der Waals surface area contributed by atoms with Crippen LogP contribution in [-0.2, 0) is 0 Å². The van der Waals surface area contributed by atoms with Crippen LogP contribution >= 0.6 is 11.6 Å². The standard InChI is InChI=1S/C9H11ClN2O3/c1-5(4-13)11-8-6(9(14)15)2-3-7(10)12-8/h2-3,5,13H,4H2,1H3,(H,11,12)(H,14,15). The van der Waals surface area contributed by atoms with Crippen LogP contribution in [0.2, 0.25) is 5.15 Å². The van der Waals surface area contributed by atoms with Crippen LogP contribution < -0.4 is 5.32 Å². The van der Waals surface area contributed by atoms with Gasteiger partial charge in [0, 0.05) is 6.04 Å². The van der Waals surface area contributed by atoms with E-state index in [2.05, 4.69) is 10.3 Å². The Bertz CT molecular complexity index is 370. The lowest BCUT2D eigenvalue weighted by Gasteiger charge is -2.13. The third-order valence-electron chi connectivity index (χ3n) is 1.75. The van der Waals surface area contributed by atoms with Gasteiger partial charge in [-0.25, -0.2) is 9.78 Å². The van der Waals surface area contributed by atoms with E-state index < -0.39 is 5.97 Å². The van der Waals surface area contributed by atoms with Gasteiger partial charge in [-0.1, -0.05) is 11.6 Å². The number of nitrogens with one attached hydrogen (secondary N) is 1. The average molecular weight is 231 g/mol. The number of carbonyl (C=O) groups is 1. The van der Waals surface area contributed by atoms with Gasteiger partial charge in [0.2, 0.25) is 0 Å². The van der Waals surface area contributed by atoms with E-state index in [4.69, 9.17) is 21.8 Å². The number of rotatable bonds is 4. The highest BCUT2D eigenvalue weighted by Gasteiger charge is 2.13. The molecule has 6 heteroatoms. The van der Waals surface area contributed by atoms with Crippen molar-refractivity contribution in [2.45, 2.75) is 13.0 Å². The van der Waals surface area contributed by atoms with Gasteiger partial charge in [0.25, 0.3) is 0 Å². The minimum Gasteiger partial charge on any atom is -0.478 e. The van der Waals surface area contributed by atoms with Crippen LogP contribution in [0.4, 0.5) is 5.82 Å². The second kappa shape index (κ2) is 4.95. The summed E-state index contributed by atoms with van der Waals surface area (Å²) in [6, 6.07) is 2.48. The minimum atomic E-state index is -1.09. The van der Waals surface area contributed by atoms with Crippen LogP contribution in [0.3, 0.4) is 0 Å². The maximum absolute atomic E-state index is 10.8. The van der Waals surface area contributed by atoms with Crippen molar-refractivity contribution in [1.29, 1.82) is 0 Å². The molecule has 0 saturated heterocycles. The zero-order chi connectivity index (χ0) is 11.4. The van der Waals surface area contributed by atoms with E-state index in [1.165, 1.54) is 12.1 Å². The Morgan fingerprint density at radius 1 is 1.67 bits per heavy atom. The summed E-state index contributed by atoms with van der Waals surface area (Å²) in [7, 11) is 0. The topological polar surface area (TPSA) is 82.5 Å². The monoisotopic (exact) mass is 230 g/mol. The molecule has 15 heavy (non-hydrogen) atoms. The number of pyridine rings is 1. The molecule has 1 atom stereocenters. The number of carboxylic acids is 1. The minimum absolute atomic E-state index is 0.0275. The van der Waals surface area contributed by atoms with Gasteiger partial charge in [0.15, 0.2) is 0 Å². The number of carboxylic acid groups (broad SMARTS) is 1. The molecular formula is C9H11ClN2O3. The normalized spacial score (nSPS) is 12.2. The highest BCUT2D eigenvalue weighted by molar-refractivity contribution is 6.29. The smallest absolute Gasteiger partial charge is 0.339 e. The lowest BCUT2D eigenvalue weighted by atomic mass is 10.2. The Labute approximate surface area is 91.7 Å². The molecule has 0 saturated carbocycles. The van der Waals surface area contributed by atoms with E-state index in [1.807, 2.05) is 0 Å². The third-order valence-corrected chi connectivity index (χ3v) is 1.96. The molecule has 0 amide bonds. The van der Waals surface area contributed by atoms with Crippen LogP contribution in [-0.4, -0.2) is 33.8 Å². The molecule has 3 N–H and O–H groups in total. The SMILES string of the molecule is CC(CO)Nc1nc(Cl)ccc1C(=O)O. The molecule has 1 aromatic rings. The maximum atomic E-state index is 10.8. The van der Waals surface area contributed by atoms with Crippen molar-refractivity contribution in [3.8, 4) is 0 Å². The summed E-state index contributed by atoms with van der Waals surface area (Å²) >= 11 is 5.64. The summed E-state index contributed by atoms with van der Waals surface area (Å²) in [6.07, 6.45) is 0. The summed E-state index contributed by atoms with van der Waals surface area (Å²) in [5.41, 5.74) is 0.0275. The predicted octanol–water partition coefficient (Wildman–Crippen LogP) is 1.23. The Morgan fingerprint density at radius 3 is 2.87 bits per heavy atom. The number of hydrogen-bond donors (Lipinski definition) is 3. The lowest BCUT2D eigenvalue weighted by molar-refractivity contribution is 0.0697. The highest BCUT2D eigenvalue weighted by Crippen LogP contribution is 2.17. The number of aromatic nitrogens is 1. The average Bonchev–Trinajstić information content (AvgIpc) is 2.17. The van der Waals surface area contributed by atoms with Gasteiger partial charge in [0.1, 0.15) is 16.5 Å². The summed E-state index contributed by atoms with van der Waals surface area (Å²) < 4.78 is 0.